The summed E-state index contributed by atoms with van der Waals surface area (Å²) in [6, 6.07) is 0. The highest BCUT2D eigenvalue weighted by Gasteiger charge is 2.63. The topological polar surface area (TPSA) is 186 Å². The van der Waals surface area contributed by atoms with Gasteiger partial charge in [-0.05, 0) is 74.0 Å². The first-order valence-corrected chi connectivity index (χ1v) is 16.8. The van der Waals surface area contributed by atoms with Crippen molar-refractivity contribution in [1.82, 2.24) is 0 Å². The Hall–Kier alpha value is -1.41. The minimum atomic E-state index is -1.55. The lowest BCUT2D eigenvalue weighted by molar-refractivity contribution is -0.315. The van der Waals surface area contributed by atoms with Crippen molar-refractivity contribution in [2.45, 2.75) is 128 Å². The molecule has 1 saturated heterocycles. The molecular formula is C34H52O11. The molecule has 0 radical (unpaired) electrons. The molecule has 2 aliphatic heterocycles. The molecule has 11 heteroatoms. The van der Waals surface area contributed by atoms with E-state index in [4.69, 9.17) is 14.2 Å². The lowest BCUT2D eigenvalue weighted by Gasteiger charge is -2.61. The van der Waals surface area contributed by atoms with Gasteiger partial charge in [-0.25, -0.2) is 4.79 Å². The summed E-state index contributed by atoms with van der Waals surface area (Å²) in [5.41, 5.74) is 1.56. The van der Waals surface area contributed by atoms with Gasteiger partial charge in [-0.2, -0.15) is 0 Å². The van der Waals surface area contributed by atoms with Crippen molar-refractivity contribution < 1.29 is 54.8 Å². The number of fused-ring (bicyclic) bond motifs is 5. The number of hydrogen-bond acceptors (Lipinski definition) is 11. The molecule has 4 fully saturated rings. The zero-order chi connectivity index (χ0) is 32.6. The van der Waals surface area contributed by atoms with Crippen molar-refractivity contribution in [2.75, 3.05) is 13.2 Å². The molecule has 4 aliphatic carbocycles. The average Bonchev–Trinajstić information content (AvgIpc) is 3.35. The molecule has 0 spiro atoms. The molecule has 6 rings (SSSR count). The van der Waals surface area contributed by atoms with Crippen LogP contribution in [0.25, 0.3) is 0 Å². The van der Waals surface area contributed by atoms with Gasteiger partial charge >= 0.3 is 5.97 Å². The summed E-state index contributed by atoms with van der Waals surface area (Å²) in [5, 5.41) is 73.5. The molecule has 0 unspecified atom stereocenters. The predicted molar refractivity (Wildman–Crippen MR) is 160 cm³/mol. The van der Waals surface area contributed by atoms with Crippen LogP contribution < -0.4 is 0 Å². The number of aliphatic hydroxyl groups excluding tert-OH is 7. The van der Waals surface area contributed by atoms with E-state index in [-0.39, 0.29) is 48.2 Å². The molecule has 254 valence electrons. The number of carbonyl (C=O) groups excluding carboxylic acids is 1. The number of cyclic esters (lactones) is 1. The molecule has 16 atom stereocenters. The Morgan fingerprint density at radius 1 is 1.00 bits per heavy atom. The molecule has 0 amide bonds. The Kier molecular flexibility index (Phi) is 9.11. The van der Waals surface area contributed by atoms with Gasteiger partial charge in [0.05, 0.1) is 37.1 Å². The van der Waals surface area contributed by atoms with E-state index in [0.717, 1.165) is 36.8 Å². The zero-order valence-corrected chi connectivity index (χ0v) is 26.8. The Balaban J connectivity index is 1.19. The van der Waals surface area contributed by atoms with E-state index in [1.165, 1.54) is 0 Å². The summed E-state index contributed by atoms with van der Waals surface area (Å²) >= 11 is 0. The van der Waals surface area contributed by atoms with Crippen LogP contribution >= 0.6 is 0 Å². The van der Waals surface area contributed by atoms with E-state index in [1.54, 1.807) is 0 Å². The summed E-state index contributed by atoms with van der Waals surface area (Å²) in [5.74, 6) is 0.292. The highest BCUT2D eigenvalue weighted by atomic mass is 16.7. The van der Waals surface area contributed by atoms with Gasteiger partial charge in [0.15, 0.2) is 6.29 Å². The van der Waals surface area contributed by atoms with Crippen LogP contribution in [0.2, 0.25) is 0 Å². The molecule has 45 heavy (non-hydrogen) atoms. The Morgan fingerprint density at radius 3 is 2.40 bits per heavy atom. The van der Waals surface area contributed by atoms with Crippen molar-refractivity contribution in [2.24, 2.45) is 40.4 Å². The lowest BCUT2D eigenvalue weighted by Crippen LogP contribution is -2.61. The van der Waals surface area contributed by atoms with E-state index < -0.39 is 67.0 Å². The SMILES string of the molecule is CC1=C(CO)C(=O)O[C@@H]([C@@H](C)[C@H]2CC[C@H]3[C@@H]4[C@H](O)C=C5C[C@@H](O[C@@H]6O[C@H](CO)[C@@H](O)[C@H](O)[C@H]6O)C[C@H](O)[C@]5(C)[C@H]4CC[C@]23C)C1. The molecule has 7 N–H and O–H groups in total. The Morgan fingerprint density at radius 2 is 1.73 bits per heavy atom. The fraction of sp³-hybridized carbons (Fsp3) is 0.853. The van der Waals surface area contributed by atoms with Crippen molar-refractivity contribution in [3.63, 3.8) is 0 Å². The number of aliphatic hydroxyl groups is 7. The van der Waals surface area contributed by atoms with E-state index >= 15 is 0 Å². The van der Waals surface area contributed by atoms with Gasteiger partial charge < -0.3 is 50.0 Å². The molecule has 2 heterocycles. The van der Waals surface area contributed by atoms with Crippen LogP contribution in [0.1, 0.15) is 72.6 Å². The minimum absolute atomic E-state index is 0.0243. The largest absolute Gasteiger partial charge is 0.458 e. The maximum Gasteiger partial charge on any atom is 0.336 e. The number of hydrogen-bond donors (Lipinski definition) is 7. The average molecular weight is 637 g/mol. The number of ether oxygens (including phenoxy) is 3. The molecule has 11 nitrogen and oxygen atoms in total. The van der Waals surface area contributed by atoms with Crippen LogP contribution in [0.3, 0.4) is 0 Å². The van der Waals surface area contributed by atoms with Crippen molar-refractivity contribution >= 4 is 5.97 Å². The van der Waals surface area contributed by atoms with Crippen molar-refractivity contribution in [3.8, 4) is 0 Å². The highest BCUT2D eigenvalue weighted by Crippen LogP contribution is 2.67. The van der Waals surface area contributed by atoms with Gasteiger partial charge in [0.25, 0.3) is 0 Å². The third-order valence-electron chi connectivity index (χ3n) is 13.3. The van der Waals surface area contributed by atoms with Gasteiger partial charge in [0, 0.05) is 18.3 Å². The predicted octanol–water partition coefficient (Wildman–Crippen LogP) is 0.953. The van der Waals surface area contributed by atoms with Crippen LogP contribution in [-0.4, -0.2) is 110 Å². The van der Waals surface area contributed by atoms with Gasteiger partial charge in [-0.15, -0.1) is 0 Å². The third-order valence-corrected chi connectivity index (χ3v) is 13.3. The summed E-state index contributed by atoms with van der Waals surface area (Å²) in [6.45, 7) is 7.65. The molecule has 3 saturated carbocycles. The van der Waals surface area contributed by atoms with Gasteiger partial charge in [0.1, 0.15) is 30.5 Å². The smallest absolute Gasteiger partial charge is 0.336 e. The van der Waals surface area contributed by atoms with Crippen molar-refractivity contribution in [1.29, 1.82) is 0 Å². The quantitative estimate of drug-likeness (QED) is 0.163. The molecule has 0 aromatic heterocycles. The van der Waals surface area contributed by atoms with E-state index in [9.17, 15) is 40.5 Å². The normalized spacial score (nSPS) is 50.7. The summed E-state index contributed by atoms with van der Waals surface area (Å²) in [4.78, 5) is 12.6. The minimum Gasteiger partial charge on any atom is -0.458 e. The first-order valence-electron chi connectivity index (χ1n) is 16.8. The highest BCUT2D eigenvalue weighted by molar-refractivity contribution is 5.90. The second kappa shape index (κ2) is 12.2. The lowest BCUT2D eigenvalue weighted by atomic mass is 9.45. The number of carbonyl (C=O) groups is 1. The van der Waals surface area contributed by atoms with Gasteiger partial charge in [-0.1, -0.05) is 38.0 Å². The fourth-order valence-electron chi connectivity index (χ4n) is 10.7. The zero-order valence-electron chi connectivity index (χ0n) is 26.8. The standard InChI is InChI=1S/C34H52O11/c1-15-9-24(44-31(42)19(15)13-35)16(2)20-5-6-21-27-22(7-8-33(20,21)3)34(4)17(11-23(27)37)10-18(12-26(34)38)43-32-30(41)29(40)28(39)25(14-36)45-32/h11,16,18,20-30,32,35-41H,5-10,12-14H2,1-4H3/t16-,18+,20+,21-,22-,23+,24+,25+,26-,27-,28+,29-,30+,32+,33+,34-/m0/s1. The number of rotatable bonds is 6. The van der Waals surface area contributed by atoms with Gasteiger partial charge in [0.2, 0.25) is 0 Å². The van der Waals surface area contributed by atoms with E-state index in [2.05, 4.69) is 20.8 Å². The van der Waals surface area contributed by atoms with Crippen LogP contribution in [0, 0.1) is 40.4 Å². The maximum absolute atomic E-state index is 12.6. The second-order valence-corrected chi connectivity index (χ2v) is 15.3. The van der Waals surface area contributed by atoms with E-state index in [0.29, 0.717) is 24.3 Å². The fourth-order valence-corrected chi connectivity index (χ4v) is 10.7. The third kappa shape index (κ3) is 5.25. The Labute approximate surface area is 264 Å². The maximum atomic E-state index is 12.6. The van der Waals surface area contributed by atoms with Crippen LogP contribution in [0.4, 0.5) is 0 Å². The summed E-state index contributed by atoms with van der Waals surface area (Å²) < 4.78 is 17.5. The molecular weight excluding hydrogens is 584 g/mol. The van der Waals surface area contributed by atoms with Crippen LogP contribution in [-0.2, 0) is 19.0 Å². The van der Waals surface area contributed by atoms with Crippen molar-refractivity contribution in [3.05, 3.63) is 22.8 Å². The first-order chi connectivity index (χ1) is 21.3. The second-order valence-electron chi connectivity index (χ2n) is 15.3. The number of esters is 1. The molecule has 6 aliphatic rings. The summed E-state index contributed by atoms with van der Waals surface area (Å²) in [6.07, 6.45) is -2.23. The van der Waals surface area contributed by atoms with Crippen LogP contribution in [0.15, 0.2) is 22.8 Å². The van der Waals surface area contributed by atoms with Gasteiger partial charge in [-0.3, -0.25) is 0 Å². The molecule has 0 aromatic carbocycles. The van der Waals surface area contributed by atoms with E-state index in [1.807, 2.05) is 13.0 Å². The first kappa shape index (κ1) is 33.5. The molecule has 0 aromatic rings. The van der Waals surface area contributed by atoms with Crippen LogP contribution in [0.5, 0.6) is 0 Å². The molecule has 0 bridgehead atoms. The Bertz CT molecular complexity index is 1200. The summed E-state index contributed by atoms with van der Waals surface area (Å²) in [7, 11) is 0. The monoisotopic (exact) mass is 636 g/mol.